The van der Waals surface area contributed by atoms with Crippen molar-refractivity contribution in [1.29, 1.82) is 0 Å². The van der Waals surface area contributed by atoms with Crippen LogP contribution in [0, 0.1) is 6.92 Å². The first-order valence-corrected chi connectivity index (χ1v) is 6.34. The Morgan fingerprint density at radius 1 is 1.37 bits per heavy atom. The zero-order valence-corrected chi connectivity index (χ0v) is 11.6. The number of anilines is 1. The molecular formula is C13H17ClN2O3. The Morgan fingerprint density at radius 2 is 2.05 bits per heavy atom. The van der Waals surface area contributed by atoms with Crippen LogP contribution in [-0.2, 0) is 9.59 Å². The van der Waals surface area contributed by atoms with E-state index < -0.39 is 17.9 Å². The lowest BCUT2D eigenvalue weighted by Gasteiger charge is -2.14. The van der Waals surface area contributed by atoms with Crippen molar-refractivity contribution in [3.63, 3.8) is 0 Å². The van der Waals surface area contributed by atoms with E-state index in [9.17, 15) is 9.59 Å². The maximum atomic E-state index is 11.7. The highest BCUT2D eigenvalue weighted by molar-refractivity contribution is 6.39. The lowest BCUT2D eigenvalue weighted by Crippen LogP contribution is -2.43. The van der Waals surface area contributed by atoms with Crippen LogP contribution in [0.4, 0.5) is 5.69 Å². The Hall–Kier alpha value is -1.59. The van der Waals surface area contributed by atoms with Crippen molar-refractivity contribution in [1.82, 2.24) is 5.32 Å². The molecule has 0 heterocycles. The predicted molar refractivity (Wildman–Crippen MR) is 74.1 cm³/mol. The van der Waals surface area contributed by atoms with E-state index in [1.165, 1.54) is 0 Å². The Balaban J connectivity index is 2.66. The van der Waals surface area contributed by atoms with E-state index in [-0.39, 0.29) is 6.61 Å². The van der Waals surface area contributed by atoms with Gasteiger partial charge in [-0.05, 0) is 37.1 Å². The minimum atomic E-state index is -0.768. The van der Waals surface area contributed by atoms with Crippen LogP contribution in [0.2, 0.25) is 5.02 Å². The van der Waals surface area contributed by atoms with Gasteiger partial charge in [0.05, 0.1) is 12.6 Å². The number of aliphatic hydroxyl groups is 1. The zero-order chi connectivity index (χ0) is 14.4. The number of aryl methyl sites for hydroxylation is 1. The van der Waals surface area contributed by atoms with E-state index in [0.29, 0.717) is 17.1 Å². The van der Waals surface area contributed by atoms with Crippen LogP contribution in [0.3, 0.4) is 0 Å². The normalized spacial score (nSPS) is 11.8. The van der Waals surface area contributed by atoms with E-state index in [2.05, 4.69) is 10.6 Å². The molecule has 1 aromatic carbocycles. The second-order valence-electron chi connectivity index (χ2n) is 4.17. The van der Waals surface area contributed by atoms with Crippen LogP contribution in [-0.4, -0.2) is 29.6 Å². The fourth-order valence-corrected chi connectivity index (χ4v) is 1.70. The van der Waals surface area contributed by atoms with E-state index in [1.807, 2.05) is 6.92 Å². The molecule has 1 aromatic rings. The third-order valence-corrected chi connectivity index (χ3v) is 2.93. The number of benzene rings is 1. The van der Waals surface area contributed by atoms with Gasteiger partial charge in [-0.2, -0.15) is 0 Å². The smallest absolute Gasteiger partial charge is 0.313 e. The summed E-state index contributed by atoms with van der Waals surface area (Å²) >= 11 is 5.80. The summed E-state index contributed by atoms with van der Waals surface area (Å²) in [5.74, 6) is -1.53. The Labute approximate surface area is 117 Å². The molecule has 6 heteroatoms. The Bertz CT molecular complexity index is 473. The van der Waals surface area contributed by atoms with Crippen molar-refractivity contribution in [2.75, 3.05) is 11.9 Å². The number of hydrogen-bond acceptors (Lipinski definition) is 3. The van der Waals surface area contributed by atoms with Gasteiger partial charge in [-0.3, -0.25) is 9.59 Å². The molecule has 0 bridgehead atoms. The van der Waals surface area contributed by atoms with E-state index in [1.54, 1.807) is 25.1 Å². The molecule has 0 spiro atoms. The van der Waals surface area contributed by atoms with Gasteiger partial charge in [0.2, 0.25) is 0 Å². The Kier molecular flexibility index (Phi) is 5.79. The number of amides is 2. The molecule has 1 unspecified atom stereocenters. The first-order chi connectivity index (χ1) is 8.97. The highest BCUT2D eigenvalue weighted by Crippen LogP contribution is 2.19. The fraction of sp³-hybridized carbons (Fsp3) is 0.385. The molecule has 0 aliphatic heterocycles. The van der Waals surface area contributed by atoms with Crippen molar-refractivity contribution >= 4 is 29.1 Å². The number of carbonyl (C=O) groups excluding carboxylic acids is 2. The van der Waals surface area contributed by atoms with Crippen molar-refractivity contribution in [3.05, 3.63) is 28.8 Å². The fourth-order valence-electron chi connectivity index (χ4n) is 1.47. The molecule has 1 atom stereocenters. The van der Waals surface area contributed by atoms with Crippen LogP contribution >= 0.6 is 11.6 Å². The number of hydrogen-bond donors (Lipinski definition) is 3. The second kappa shape index (κ2) is 7.11. The highest BCUT2D eigenvalue weighted by atomic mass is 35.5. The lowest BCUT2D eigenvalue weighted by molar-refractivity contribution is -0.136. The molecule has 19 heavy (non-hydrogen) atoms. The van der Waals surface area contributed by atoms with Crippen LogP contribution < -0.4 is 10.6 Å². The van der Waals surface area contributed by atoms with E-state index in [4.69, 9.17) is 16.7 Å². The molecule has 104 valence electrons. The largest absolute Gasteiger partial charge is 0.394 e. The van der Waals surface area contributed by atoms with Crippen molar-refractivity contribution in [2.24, 2.45) is 0 Å². The highest BCUT2D eigenvalue weighted by Gasteiger charge is 2.17. The van der Waals surface area contributed by atoms with Crippen molar-refractivity contribution < 1.29 is 14.7 Å². The van der Waals surface area contributed by atoms with Gasteiger partial charge in [-0.1, -0.05) is 18.5 Å². The van der Waals surface area contributed by atoms with Crippen LogP contribution in [0.1, 0.15) is 18.9 Å². The molecule has 0 fully saturated rings. The molecule has 2 amide bonds. The van der Waals surface area contributed by atoms with Gasteiger partial charge in [0.1, 0.15) is 0 Å². The molecule has 3 N–H and O–H groups in total. The SMILES string of the molecule is CCC(CO)NC(=O)C(=O)Nc1ccc(Cl)cc1C. The summed E-state index contributed by atoms with van der Waals surface area (Å²) in [5.41, 5.74) is 1.30. The van der Waals surface area contributed by atoms with E-state index in [0.717, 1.165) is 5.56 Å². The number of carbonyl (C=O) groups is 2. The van der Waals surface area contributed by atoms with Crippen LogP contribution in [0.5, 0.6) is 0 Å². The average Bonchev–Trinajstić information content (AvgIpc) is 2.38. The monoisotopic (exact) mass is 284 g/mol. The minimum absolute atomic E-state index is 0.199. The van der Waals surface area contributed by atoms with Gasteiger partial charge in [0, 0.05) is 10.7 Å². The molecular weight excluding hydrogens is 268 g/mol. The predicted octanol–water partition coefficient (Wildman–Crippen LogP) is 1.47. The minimum Gasteiger partial charge on any atom is -0.394 e. The molecule has 0 radical (unpaired) electrons. The summed E-state index contributed by atoms with van der Waals surface area (Å²) in [6.45, 7) is 3.39. The molecule has 0 aliphatic rings. The lowest BCUT2D eigenvalue weighted by atomic mass is 10.2. The molecule has 0 aromatic heterocycles. The van der Waals surface area contributed by atoms with Crippen LogP contribution in [0.25, 0.3) is 0 Å². The second-order valence-corrected chi connectivity index (χ2v) is 4.61. The van der Waals surface area contributed by atoms with Gasteiger partial charge in [0.15, 0.2) is 0 Å². The summed E-state index contributed by atoms with van der Waals surface area (Å²) < 4.78 is 0. The Morgan fingerprint density at radius 3 is 2.58 bits per heavy atom. The standard InChI is InChI=1S/C13H17ClN2O3/c1-3-10(7-17)15-12(18)13(19)16-11-5-4-9(14)6-8(11)2/h4-6,10,17H,3,7H2,1-2H3,(H,15,18)(H,16,19). The third-order valence-electron chi connectivity index (χ3n) is 2.69. The first kappa shape index (κ1) is 15.5. The van der Waals surface area contributed by atoms with Gasteiger partial charge in [-0.25, -0.2) is 0 Å². The summed E-state index contributed by atoms with van der Waals surface area (Å²) in [5, 5.41) is 14.5. The number of rotatable bonds is 4. The summed E-state index contributed by atoms with van der Waals surface area (Å²) in [7, 11) is 0. The van der Waals surface area contributed by atoms with Gasteiger partial charge in [0.25, 0.3) is 0 Å². The average molecular weight is 285 g/mol. The number of halogens is 1. The van der Waals surface area contributed by atoms with Gasteiger partial charge < -0.3 is 15.7 Å². The van der Waals surface area contributed by atoms with E-state index >= 15 is 0 Å². The zero-order valence-electron chi connectivity index (χ0n) is 10.9. The topological polar surface area (TPSA) is 78.4 Å². The quantitative estimate of drug-likeness (QED) is 0.733. The number of nitrogens with one attached hydrogen (secondary N) is 2. The molecule has 1 rings (SSSR count). The molecule has 0 saturated carbocycles. The number of aliphatic hydroxyl groups excluding tert-OH is 1. The van der Waals surface area contributed by atoms with Crippen LogP contribution in [0.15, 0.2) is 18.2 Å². The molecule has 0 aliphatic carbocycles. The van der Waals surface area contributed by atoms with Crippen molar-refractivity contribution in [2.45, 2.75) is 26.3 Å². The summed E-state index contributed by atoms with van der Waals surface area (Å²) in [4.78, 5) is 23.3. The first-order valence-electron chi connectivity index (χ1n) is 5.96. The van der Waals surface area contributed by atoms with Crippen molar-refractivity contribution in [3.8, 4) is 0 Å². The third kappa shape index (κ3) is 4.54. The summed E-state index contributed by atoms with van der Waals surface area (Å²) in [6.07, 6.45) is 0.551. The maximum absolute atomic E-state index is 11.7. The summed E-state index contributed by atoms with van der Waals surface area (Å²) in [6, 6.07) is 4.54. The maximum Gasteiger partial charge on any atom is 0.313 e. The molecule has 0 saturated heterocycles. The molecule has 5 nitrogen and oxygen atoms in total. The van der Waals surface area contributed by atoms with Gasteiger partial charge in [-0.15, -0.1) is 0 Å². The van der Waals surface area contributed by atoms with Gasteiger partial charge >= 0.3 is 11.8 Å².